The van der Waals surface area contributed by atoms with E-state index in [0.717, 1.165) is 50.1 Å². The number of nitrogens with zero attached hydrogens (tertiary/aromatic N) is 2. The highest BCUT2D eigenvalue weighted by Crippen LogP contribution is 2.21. The van der Waals surface area contributed by atoms with Crippen LogP contribution in [0.2, 0.25) is 0 Å². The van der Waals surface area contributed by atoms with Crippen molar-refractivity contribution >= 4 is 11.6 Å². The van der Waals surface area contributed by atoms with Crippen molar-refractivity contribution in [2.75, 3.05) is 44.4 Å². The summed E-state index contributed by atoms with van der Waals surface area (Å²) in [6, 6.07) is 16.6. The van der Waals surface area contributed by atoms with Crippen LogP contribution in [0.5, 0.6) is 5.75 Å². The number of hydrogen-bond acceptors (Lipinski definition) is 4. The van der Waals surface area contributed by atoms with Crippen LogP contribution < -0.4 is 20.3 Å². The summed E-state index contributed by atoms with van der Waals surface area (Å²) in [6.07, 6.45) is 0. The highest BCUT2D eigenvalue weighted by molar-refractivity contribution is 5.80. The van der Waals surface area contributed by atoms with E-state index in [2.05, 4.69) is 52.8 Å². The molecular formula is C23H32N4O2. The van der Waals surface area contributed by atoms with Gasteiger partial charge in [0.25, 0.3) is 0 Å². The van der Waals surface area contributed by atoms with Gasteiger partial charge in [-0.2, -0.15) is 0 Å². The standard InChI is InChI=1S/C23H32N4O2/c1-3-24-23(26-18-20-10-6-8-12-22(20)29-4-2)25-17-19-9-5-7-11-21(19)27-13-15-28-16-14-27/h5-12H,3-4,13-18H2,1-2H3,(H2,24,25,26). The van der Waals surface area contributed by atoms with Crippen LogP contribution in [0.25, 0.3) is 0 Å². The summed E-state index contributed by atoms with van der Waals surface area (Å²) in [5, 5.41) is 6.82. The van der Waals surface area contributed by atoms with Crippen molar-refractivity contribution in [3.05, 3.63) is 59.7 Å². The maximum atomic E-state index is 5.72. The zero-order valence-electron chi connectivity index (χ0n) is 17.5. The number of morpholine rings is 1. The molecule has 2 aromatic rings. The van der Waals surface area contributed by atoms with Gasteiger partial charge in [-0.05, 0) is 31.5 Å². The first kappa shape index (κ1) is 21.0. The molecule has 0 bridgehead atoms. The zero-order valence-corrected chi connectivity index (χ0v) is 17.5. The second-order valence-corrected chi connectivity index (χ2v) is 6.82. The molecule has 6 heteroatoms. The van der Waals surface area contributed by atoms with Gasteiger partial charge in [0.1, 0.15) is 5.75 Å². The Morgan fingerprint density at radius 1 is 1.00 bits per heavy atom. The lowest BCUT2D eigenvalue weighted by molar-refractivity contribution is 0.122. The molecule has 0 amide bonds. The summed E-state index contributed by atoms with van der Waals surface area (Å²) in [4.78, 5) is 7.16. The van der Waals surface area contributed by atoms with Crippen LogP contribution in [0.3, 0.4) is 0 Å². The van der Waals surface area contributed by atoms with Crippen LogP contribution in [0.4, 0.5) is 5.69 Å². The van der Waals surface area contributed by atoms with Crippen molar-refractivity contribution < 1.29 is 9.47 Å². The number of hydrogen-bond donors (Lipinski definition) is 2. The molecule has 2 aromatic carbocycles. The molecule has 1 aliphatic heterocycles. The molecule has 2 N–H and O–H groups in total. The molecule has 0 aliphatic carbocycles. The van der Waals surface area contributed by atoms with E-state index in [4.69, 9.17) is 14.5 Å². The van der Waals surface area contributed by atoms with Crippen LogP contribution in [-0.2, 0) is 17.8 Å². The van der Waals surface area contributed by atoms with Crippen molar-refractivity contribution in [3.63, 3.8) is 0 Å². The van der Waals surface area contributed by atoms with E-state index in [1.165, 1.54) is 11.3 Å². The van der Waals surface area contributed by atoms with Crippen LogP contribution in [0, 0.1) is 0 Å². The maximum absolute atomic E-state index is 5.72. The van der Waals surface area contributed by atoms with Gasteiger partial charge in [-0.15, -0.1) is 0 Å². The molecule has 6 nitrogen and oxygen atoms in total. The molecule has 0 spiro atoms. The Labute approximate surface area is 173 Å². The minimum Gasteiger partial charge on any atom is -0.494 e. The SMILES string of the molecule is CCNC(=NCc1ccccc1OCC)NCc1ccccc1N1CCOCC1. The van der Waals surface area contributed by atoms with Gasteiger partial charge < -0.3 is 25.0 Å². The van der Waals surface area contributed by atoms with Gasteiger partial charge in [0.05, 0.1) is 26.4 Å². The first-order chi connectivity index (χ1) is 14.3. The van der Waals surface area contributed by atoms with Crippen LogP contribution in [-0.4, -0.2) is 45.4 Å². The number of rotatable bonds is 8. The van der Waals surface area contributed by atoms with Crippen molar-refractivity contribution in [1.82, 2.24) is 10.6 Å². The Morgan fingerprint density at radius 2 is 1.72 bits per heavy atom. The zero-order chi connectivity index (χ0) is 20.3. The molecule has 0 saturated carbocycles. The van der Waals surface area contributed by atoms with Gasteiger partial charge in [0.2, 0.25) is 0 Å². The van der Waals surface area contributed by atoms with Gasteiger partial charge >= 0.3 is 0 Å². The van der Waals surface area contributed by atoms with Crippen LogP contribution in [0.1, 0.15) is 25.0 Å². The first-order valence-electron chi connectivity index (χ1n) is 10.4. The Kier molecular flexibility index (Phi) is 8.19. The third-order valence-electron chi connectivity index (χ3n) is 4.81. The summed E-state index contributed by atoms with van der Waals surface area (Å²) in [7, 11) is 0. The number of para-hydroxylation sites is 2. The largest absolute Gasteiger partial charge is 0.494 e. The molecule has 1 aliphatic rings. The summed E-state index contributed by atoms with van der Waals surface area (Å²) in [5.74, 6) is 1.70. The lowest BCUT2D eigenvalue weighted by atomic mass is 10.1. The van der Waals surface area contributed by atoms with E-state index in [1.807, 2.05) is 25.1 Å². The average Bonchev–Trinajstić information content (AvgIpc) is 2.77. The normalized spacial score (nSPS) is 14.6. The van der Waals surface area contributed by atoms with E-state index in [9.17, 15) is 0 Å². The quantitative estimate of drug-likeness (QED) is 0.530. The fraction of sp³-hybridized carbons (Fsp3) is 0.435. The summed E-state index contributed by atoms with van der Waals surface area (Å²) < 4.78 is 11.2. The van der Waals surface area contributed by atoms with Crippen molar-refractivity contribution in [2.45, 2.75) is 26.9 Å². The van der Waals surface area contributed by atoms with Crippen LogP contribution >= 0.6 is 0 Å². The summed E-state index contributed by atoms with van der Waals surface area (Å²) >= 11 is 0. The van der Waals surface area contributed by atoms with Gasteiger partial charge in [0, 0.05) is 37.4 Å². The number of guanidine groups is 1. The predicted molar refractivity (Wildman–Crippen MR) is 119 cm³/mol. The number of nitrogens with one attached hydrogen (secondary N) is 2. The molecule has 1 saturated heterocycles. The van der Waals surface area contributed by atoms with E-state index < -0.39 is 0 Å². The summed E-state index contributed by atoms with van der Waals surface area (Å²) in [6.45, 7) is 10.2. The minimum absolute atomic E-state index is 0.566. The fourth-order valence-electron chi connectivity index (χ4n) is 3.39. The molecule has 0 aromatic heterocycles. The molecule has 29 heavy (non-hydrogen) atoms. The third-order valence-corrected chi connectivity index (χ3v) is 4.81. The number of aliphatic imine (C=N–C) groups is 1. The second-order valence-electron chi connectivity index (χ2n) is 6.82. The average molecular weight is 397 g/mol. The molecule has 1 heterocycles. The smallest absolute Gasteiger partial charge is 0.191 e. The Morgan fingerprint density at radius 3 is 2.48 bits per heavy atom. The molecule has 0 atom stereocenters. The Bertz CT molecular complexity index is 788. The molecule has 0 radical (unpaired) electrons. The monoisotopic (exact) mass is 396 g/mol. The molecule has 3 rings (SSSR count). The Balaban J connectivity index is 1.68. The van der Waals surface area contributed by atoms with Gasteiger partial charge in [-0.3, -0.25) is 0 Å². The van der Waals surface area contributed by atoms with E-state index in [-0.39, 0.29) is 0 Å². The van der Waals surface area contributed by atoms with Gasteiger partial charge in [0.15, 0.2) is 5.96 Å². The predicted octanol–water partition coefficient (Wildman–Crippen LogP) is 3.18. The fourth-order valence-corrected chi connectivity index (χ4v) is 3.39. The first-order valence-corrected chi connectivity index (χ1v) is 10.4. The third kappa shape index (κ3) is 6.12. The highest BCUT2D eigenvalue weighted by atomic mass is 16.5. The van der Waals surface area contributed by atoms with E-state index >= 15 is 0 Å². The van der Waals surface area contributed by atoms with E-state index in [0.29, 0.717) is 19.7 Å². The number of anilines is 1. The van der Waals surface area contributed by atoms with Crippen molar-refractivity contribution in [3.8, 4) is 5.75 Å². The lowest BCUT2D eigenvalue weighted by Crippen LogP contribution is -2.39. The maximum Gasteiger partial charge on any atom is 0.191 e. The second kappa shape index (κ2) is 11.3. The van der Waals surface area contributed by atoms with E-state index in [1.54, 1.807) is 0 Å². The minimum atomic E-state index is 0.566. The van der Waals surface area contributed by atoms with Crippen molar-refractivity contribution in [2.24, 2.45) is 4.99 Å². The Hall–Kier alpha value is -2.73. The lowest BCUT2D eigenvalue weighted by Gasteiger charge is -2.30. The summed E-state index contributed by atoms with van der Waals surface area (Å²) in [5.41, 5.74) is 3.61. The highest BCUT2D eigenvalue weighted by Gasteiger charge is 2.14. The molecule has 156 valence electrons. The molecule has 0 unspecified atom stereocenters. The van der Waals surface area contributed by atoms with Crippen molar-refractivity contribution in [1.29, 1.82) is 0 Å². The van der Waals surface area contributed by atoms with Gasteiger partial charge in [-0.1, -0.05) is 36.4 Å². The number of ether oxygens (including phenoxy) is 2. The topological polar surface area (TPSA) is 58.1 Å². The van der Waals surface area contributed by atoms with Gasteiger partial charge in [-0.25, -0.2) is 4.99 Å². The molecule has 1 fully saturated rings. The molecular weight excluding hydrogens is 364 g/mol. The number of benzene rings is 2. The van der Waals surface area contributed by atoms with Crippen LogP contribution in [0.15, 0.2) is 53.5 Å².